The number of nitrogens with one attached hydrogen (secondary N) is 1. The predicted octanol–water partition coefficient (Wildman–Crippen LogP) is 3.46. The molecule has 1 aliphatic rings. The molecule has 0 radical (unpaired) electrons. The van der Waals surface area contributed by atoms with Crippen molar-refractivity contribution >= 4 is 29.5 Å². The molecule has 1 aromatic heterocycles. The first-order valence-corrected chi connectivity index (χ1v) is 8.02. The molecule has 1 aliphatic heterocycles. The quantitative estimate of drug-likeness (QED) is 0.582. The Morgan fingerprint density at radius 1 is 0.846 bits per heavy atom. The molecule has 0 spiro atoms. The average Bonchev–Trinajstić information content (AvgIpc) is 2.93. The lowest BCUT2D eigenvalue weighted by Gasteiger charge is -2.15. The van der Waals surface area contributed by atoms with Crippen LogP contribution in [0.15, 0.2) is 77.9 Å². The minimum absolute atomic E-state index is 0.383. The lowest BCUT2D eigenvalue weighted by atomic mass is 10.1. The average molecular weight is 342 g/mol. The highest BCUT2D eigenvalue weighted by molar-refractivity contribution is 6.21. The Hall–Kier alpha value is -3.80. The van der Waals surface area contributed by atoms with Crippen LogP contribution in [0.2, 0.25) is 0 Å². The van der Waals surface area contributed by atoms with E-state index in [1.165, 1.54) is 0 Å². The van der Waals surface area contributed by atoms with Crippen LogP contribution in [0.5, 0.6) is 0 Å². The molecule has 0 saturated carbocycles. The van der Waals surface area contributed by atoms with Gasteiger partial charge in [0.05, 0.1) is 23.0 Å². The summed E-state index contributed by atoms with van der Waals surface area (Å²) >= 11 is 0. The van der Waals surface area contributed by atoms with Crippen LogP contribution in [-0.4, -0.2) is 28.0 Å². The largest absolute Gasteiger partial charge is 0.280 e. The zero-order valence-electron chi connectivity index (χ0n) is 13.7. The number of anilines is 1. The van der Waals surface area contributed by atoms with Gasteiger partial charge in [0.25, 0.3) is 11.8 Å². The van der Waals surface area contributed by atoms with Crippen LogP contribution in [0, 0.1) is 0 Å². The Morgan fingerprint density at radius 3 is 2.12 bits per heavy atom. The van der Waals surface area contributed by atoms with E-state index in [4.69, 9.17) is 0 Å². The van der Waals surface area contributed by atoms with Gasteiger partial charge in [0.1, 0.15) is 5.82 Å². The molecule has 2 amide bonds. The fourth-order valence-electron chi connectivity index (χ4n) is 2.62. The van der Waals surface area contributed by atoms with Crippen molar-refractivity contribution in [3.8, 4) is 0 Å². The van der Waals surface area contributed by atoms with Crippen LogP contribution < -0.4 is 5.43 Å². The molecule has 6 nitrogen and oxygen atoms in total. The van der Waals surface area contributed by atoms with Crippen LogP contribution in [0.1, 0.15) is 26.3 Å². The maximum Gasteiger partial charge on any atom is 0.280 e. The Bertz CT molecular complexity index is 963. The monoisotopic (exact) mass is 342 g/mol. The van der Waals surface area contributed by atoms with E-state index in [0.717, 1.165) is 10.6 Å². The van der Waals surface area contributed by atoms with Gasteiger partial charge in [-0.15, -0.1) is 0 Å². The molecule has 126 valence electrons. The molecule has 2 aromatic carbocycles. The summed E-state index contributed by atoms with van der Waals surface area (Å²) < 4.78 is 0. The number of amides is 2. The first kappa shape index (κ1) is 15.7. The number of hydrogen-bond acceptors (Lipinski definition) is 5. The topological polar surface area (TPSA) is 74.7 Å². The standard InChI is InChI=1S/C20H14N4O2/c25-19-16-8-4-5-9-17(16)20(26)24(19)23-18-11-10-15(13-22-18)21-12-14-6-2-1-3-7-14/h1-13H,(H,22,23). The molecule has 3 aromatic rings. The van der Waals surface area contributed by atoms with E-state index in [-0.39, 0.29) is 0 Å². The highest BCUT2D eigenvalue weighted by atomic mass is 16.2. The second kappa shape index (κ2) is 6.60. The van der Waals surface area contributed by atoms with Gasteiger partial charge in [0.2, 0.25) is 0 Å². The van der Waals surface area contributed by atoms with Gasteiger partial charge in [-0.3, -0.25) is 20.0 Å². The molecular weight excluding hydrogens is 328 g/mol. The number of fused-ring (bicyclic) bond motifs is 1. The number of aliphatic imine (C=N–C) groups is 1. The summed E-state index contributed by atoms with van der Waals surface area (Å²) in [7, 11) is 0. The van der Waals surface area contributed by atoms with Gasteiger partial charge in [-0.05, 0) is 29.8 Å². The summed E-state index contributed by atoms with van der Waals surface area (Å²) in [6.07, 6.45) is 3.31. The summed E-state index contributed by atoms with van der Waals surface area (Å²) in [6, 6.07) is 19.9. The van der Waals surface area contributed by atoms with E-state index in [0.29, 0.717) is 22.6 Å². The van der Waals surface area contributed by atoms with Crippen molar-refractivity contribution in [3.63, 3.8) is 0 Å². The van der Waals surface area contributed by atoms with Gasteiger partial charge in [0.15, 0.2) is 0 Å². The van der Waals surface area contributed by atoms with Crippen molar-refractivity contribution in [3.05, 3.63) is 89.6 Å². The Labute approximate surface area is 149 Å². The number of carbonyl (C=O) groups is 2. The summed E-state index contributed by atoms with van der Waals surface area (Å²) in [4.78, 5) is 33.2. The maximum absolute atomic E-state index is 12.3. The smallest absolute Gasteiger partial charge is 0.271 e. The normalized spacial score (nSPS) is 13.3. The van der Waals surface area contributed by atoms with Crippen LogP contribution in [-0.2, 0) is 0 Å². The van der Waals surface area contributed by atoms with Gasteiger partial charge in [-0.25, -0.2) is 4.98 Å². The predicted molar refractivity (Wildman–Crippen MR) is 98.5 cm³/mol. The molecule has 0 aliphatic carbocycles. The molecule has 26 heavy (non-hydrogen) atoms. The summed E-state index contributed by atoms with van der Waals surface area (Å²) in [5.41, 5.74) is 5.18. The molecule has 6 heteroatoms. The SMILES string of the molecule is O=C1c2ccccc2C(=O)N1Nc1ccc(N=Cc2ccccc2)cn1. The molecule has 0 fully saturated rings. The van der Waals surface area contributed by atoms with Crippen LogP contribution in [0.25, 0.3) is 0 Å². The molecule has 0 unspecified atom stereocenters. The highest BCUT2D eigenvalue weighted by Crippen LogP contribution is 2.23. The number of hydrogen-bond donors (Lipinski definition) is 1. The second-order valence-corrected chi connectivity index (χ2v) is 5.67. The van der Waals surface area contributed by atoms with Crippen LogP contribution in [0.4, 0.5) is 11.5 Å². The van der Waals surface area contributed by atoms with Gasteiger partial charge < -0.3 is 0 Å². The number of benzene rings is 2. The van der Waals surface area contributed by atoms with Crippen molar-refractivity contribution in [1.29, 1.82) is 0 Å². The second-order valence-electron chi connectivity index (χ2n) is 5.67. The zero-order chi connectivity index (χ0) is 17.9. The molecule has 0 saturated heterocycles. The van der Waals surface area contributed by atoms with Crippen LogP contribution >= 0.6 is 0 Å². The van der Waals surface area contributed by atoms with Crippen LogP contribution in [0.3, 0.4) is 0 Å². The molecule has 0 bridgehead atoms. The lowest BCUT2D eigenvalue weighted by Crippen LogP contribution is -2.35. The third kappa shape index (κ3) is 2.95. The fraction of sp³-hybridized carbons (Fsp3) is 0. The lowest BCUT2D eigenvalue weighted by molar-refractivity contribution is 0.0690. The van der Waals surface area contributed by atoms with Gasteiger partial charge in [-0.1, -0.05) is 42.5 Å². The van der Waals surface area contributed by atoms with Gasteiger partial charge >= 0.3 is 0 Å². The third-order valence-corrected chi connectivity index (χ3v) is 3.93. The molecule has 4 rings (SSSR count). The zero-order valence-corrected chi connectivity index (χ0v) is 13.7. The summed E-state index contributed by atoms with van der Waals surface area (Å²) in [5, 5.41) is 0.972. The van der Waals surface area contributed by atoms with E-state index in [1.807, 2.05) is 30.3 Å². The molecule has 1 N–H and O–H groups in total. The number of rotatable bonds is 4. The number of aromatic nitrogens is 1. The van der Waals surface area contributed by atoms with E-state index in [1.54, 1.807) is 48.8 Å². The molecular formula is C20H14N4O2. The van der Waals surface area contributed by atoms with Crippen molar-refractivity contribution in [2.75, 3.05) is 5.43 Å². The number of nitrogens with zero attached hydrogens (tertiary/aromatic N) is 3. The first-order chi connectivity index (χ1) is 12.7. The van der Waals surface area contributed by atoms with Gasteiger partial charge in [-0.2, -0.15) is 5.01 Å². The third-order valence-electron chi connectivity index (χ3n) is 3.93. The minimum atomic E-state index is -0.390. The maximum atomic E-state index is 12.3. The van der Waals surface area contributed by atoms with E-state index in [9.17, 15) is 9.59 Å². The Balaban J connectivity index is 1.48. The molecule has 2 heterocycles. The molecule has 0 atom stereocenters. The number of pyridine rings is 1. The van der Waals surface area contributed by atoms with E-state index < -0.39 is 11.8 Å². The fourth-order valence-corrected chi connectivity index (χ4v) is 2.62. The first-order valence-electron chi connectivity index (χ1n) is 8.02. The van der Waals surface area contributed by atoms with E-state index in [2.05, 4.69) is 15.4 Å². The van der Waals surface area contributed by atoms with Crippen molar-refractivity contribution in [2.45, 2.75) is 0 Å². The van der Waals surface area contributed by atoms with E-state index >= 15 is 0 Å². The number of carbonyl (C=O) groups excluding carboxylic acids is 2. The van der Waals surface area contributed by atoms with Crippen molar-refractivity contribution in [2.24, 2.45) is 4.99 Å². The Kier molecular flexibility index (Phi) is 3.99. The summed E-state index contributed by atoms with van der Waals surface area (Å²) in [6.45, 7) is 0. The van der Waals surface area contributed by atoms with Gasteiger partial charge in [0, 0.05) is 6.21 Å². The van der Waals surface area contributed by atoms with Crippen molar-refractivity contribution < 1.29 is 9.59 Å². The van der Waals surface area contributed by atoms with Crippen molar-refractivity contribution in [1.82, 2.24) is 9.99 Å². The Morgan fingerprint density at radius 2 is 1.50 bits per heavy atom. The number of hydrazine groups is 1. The summed E-state index contributed by atoms with van der Waals surface area (Å²) in [5.74, 6) is -0.393. The number of imide groups is 1. The highest BCUT2D eigenvalue weighted by Gasteiger charge is 2.35. The minimum Gasteiger partial charge on any atom is -0.271 e.